The normalized spacial score (nSPS) is 14.4. The molecule has 0 spiro atoms. The van der Waals surface area contributed by atoms with E-state index in [2.05, 4.69) is 42.7 Å². The van der Waals surface area contributed by atoms with Gasteiger partial charge in [0.2, 0.25) is 5.91 Å². The van der Waals surface area contributed by atoms with Crippen molar-refractivity contribution in [3.63, 3.8) is 0 Å². The van der Waals surface area contributed by atoms with Gasteiger partial charge in [-0.25, -0.2) is 9.37 Å². The second-order valence-corrected chi connectivity index (χ2v) is 9.14. The molecule has 3 heterocycles. The van der Waals surface area contributed by atoms with Crippen LogP contribution in [0.5, 0.6) is 5.88 Å². The van der Waals surface area contributed by atoms with Crippen molar-refractivity contribution < 1.29 is 13.9 Å². The van der Waals surface area contributed by atoms with E-state index in [1.165, 1.54) is 18.2 Å². The molecule has 1 amide bonds. The second kappa shape index (κ2) is 12.7. The van der Waals surface area contributed by atoms with Gasteiger partial charge in [0.1, 0.15) is 23.9 Å². The van der Waals surface area contributed by atoms with Crippen LogP contribution in [0.4, 0.5) is 21.6 Å². The van der Waals surface area contributed by atoms with Gasteiger partial charge in [0.05, 0.1) is 5.69 Å². The Morgan fingerprint density at radius 1 is 1.16 bits per heavy atom. The summed E-state index contributed by atoms with van der Waals surface area (Å²) in [6.07, 6.45) is 1.95. The van der Waals surface area contributed by atoms with Crippen LogP contribution in [0.25, 0.3) is 11.3 Å². The van der Waals surface area contributed by atoms with E-state index in [4.69, 9.17) is 22.1 Å². The molecular formula is C25H30ClFN8O2. The Hall–Kier alpha value is -3.38. The minimum Gasteiger partial charge on any atom is -0.474 e. The summed E-state index contributed by atoms with van der Waals surface area (Å²) in [5, 5.41) is 14.6. The molecule has 0 radical (unpaired) electrons. The maximum atomic E-state index is 14.4. The standard InChI is InChI=1S/C25H30ClFN8O2/c1-34-9-11-35(12-10-34)8-5-24(36)31-23-15-18(4-7-29-23)30-22-16-21(32-33-25(22)37-13-6-28)19-14-17(26)2-3-20(19)27/h2-4,7,14-16H,5-6,8-13,28H2,1H3,(H2,29,30,31,32,36). The summed E-state index contributed by atoms with van der Waals surface area (Å²) in [5.74, 6) is 0.0118. The van der Waals surface area contributed by atoms with E-state index in [1.54, 1.807) is 24.4 Å². The molecule has 0 aliphatic carbocycles. The van der Waals surface area contributed by atoms with Crippen molar-refractivity contribution in [1.82, 2.24) is 25.0 Å². The van der Waals surface area contributed by atoms with Crippen LogP contribution in [0.15, 0.2) is 42.6 Å². The number of ether oxygens (including phenoxy) is 1. The maximum absolute atomic E-state index is 14.4. The zero-order chi connectivity index (χ0) is 26.2. The second-order valence-electron chi connectivity index (χ2n) is 8.71. The van der Waals surface area contributed by atoms with Gasteiger partial charge >= 0.3 is 0 Å². The predicted octanol–water partition coefficient (Wildman–Crippen LogP) is 2.99. The highest BCUT2D eigenvalue weighted by Crippen LogP contribution is 2.31. The fourth-order valence-corrected chi connectivity index (χ4v) is 4.00. The fraction of sp³-hybridized carbons (Fsp3) is 0.360. The van der Waals surface area contributed by atoms with E-state index in [0.717, 1.165) is 26.2 Å². The lowest BCUT2D eigenvalue weighted by atomic mass is 10.1. The summed E-state index contributed by atoms with van der Waals surface area (Å²) >= 11 is 6.05. The number of hydrogen-bond acceptors (Lipinski definition) is 9. The van der Waals surface area contributed by atoms with Crippen molar-refractivity contribution in [2.75, 3.05) is 63.6 Å². The SMILES string of the molecule is CN1CCN(CCC(=O)Nc2cc(Nc3cc(-c4cc(Cl)ccc4F)nnc3OCCN)ccn2)CC1. The minimum atomic E-state index is -0.481. The number of pyridine rings is 1. The molecule has 1 aromatic carbocycles. The zero-order valence-corrected chi connectivity index (χ0v) is 21.3. The van der Waals surface area contributed by atoms with E-state index in [1.807, 2.05) is 0 Å². The van der Waals surface area contributed by atoms with E-state index in [0.29, 0.717) is 35.2 Å². The topological polar surface area (TPSA) is 122 Å². The van der Waals surface area contributed by atoms with Crippen molar-refractivity contribution in [3.8, 4) is 17.1 Å². The average molecular weight is 529 g/mol. The average Bonchev–Trinajstić information content (AvgIpc) is 2.89. The van der Waals surface area contributed by atoms with E-state index in [-0.39, 0.29) is 36.2 Å². The first-order chi connectivity index (χ1) is 17.9. The van der Waals surface area contributed by atoms with E-state index < -0.39 is 5.82 Å². The fourth-order valence-electron chi connectivity index (χ4n) is 3.83. The number of nitrogens with one attached hydrogen (secondary N) is 2. The molecule has 4 N–H and O–H groups in total. The molecule has 37 heavy (non-hydrogen) atoms. The van der Waals surface area contributed by atoms with Crippen molar-refractivity contribution in [2.45, 2.75) is 6.42 Å². The number of aromatic nitrogens is 3. The molecule has 0 atom stereocenters. The molecular weight excluding hydrogens is 499 g/mol. The van der Waals surface area contributed by atoms with Gasteiger partial charge in [0.25, 0.3) is 5.88 Å². The van der Waals surface area contributed by atoms with Crippen LogP contribution in [-0.2, 0) is 4.79 Å². The van der Waals surface area contributed by atoms with Gasteiger partial charge in [-0.05, 0) is 37.4 Å². The lowest BCUT2D eigenvalue weighted by Crippen LogP contribution is -2.45. The molecule has 1 saturated heterocycles. The Bertz CT molecular complexity index is 1220. The van der Waals surface area contributed by atoms with Crippen molar-refractivity contribution in [2.24, 2.45) is 5.73 Å². The Morgan fingerprint density at radius 2 is 1.97 bits per heavy atom. The van der Waals surface area contributed by atoms with E-state index >= 15 is 0 Å². The van der Waals surface area contributed by atoms with Gasteiger partial charge in [-0.2, -0.15) is 0 Å². The largest absolute Gasteiger partial charge is 0.474 e. The number of halogens is 2. The van der Waals surface area contributed by atoms with Crippen LogP contribution >= 0.6 is 11.6 Å². The Morgan fingerprint density at radius 3 is 2.76 bits per heavy atom. The maximum Gasteiger partial charge on any atom is 0.257 e. The number of carbonyl (C=O) groups is 1. The highest BCUT2D eigenvalue weighted by atomic mass is 35.5. The smallest absolute Gasteiger partial charge is 0.257 e. The van der Waals surface area contributed by atoms with Crippen LogP contribution in [0.3, 0.4) is 0 Å². The molecule has 0 unspecified atom stereocenters. The zero-order valence-electron chi connectivity index (χ0n) is 20.6. The first kappa shape index (κ1) is 26.7. The molecule has 1 fully saturated rings. The summed E-state index contributed by atoms with van der Waals surface area (Å²) in [5.41, 5.74) is 7.11. The van der Waals surface area contributed by atoms with Gasteiger partial charge < -0.3 is 30.9 Å². The molecule has 1 aliphatic heterocycles. The first-order valence-electron chi connectivity index (χ1n) is 12.0. The molecule has 2 aromatic heterocycles. The number of anilines is 3. The van der Waals surface area contributed by atoms with Gasteiger partial charge in [-0.15, -0.1) is 10.2 Å². The van der Waals surface area contributed by atoms with Gasteiger partial charge in [-0.1, -0.05) is 11.6 Å². The van der Waals surface area contributed by atoms with Crippen LogP contribution in [-0.4, -0.2) is 83.8 Å². The predicted molar refractivity (Wildman–Crippen MR) is 142 cm³/mol. The Labute approximate surface area is 220 Å². The highest BCUT2D eigenvalue weighted by Gasteiger charge is 2.16. The van der Waals surface area contributed by atoms with Crippen LogP contribution < -0.4 is 21.1 Å². The third-order valence-corrected chi connectivity index (χ3v) is 6.11. The number of amides is 1. The number of likely N-dealkylation sites (N-methyl/N-ethyl adjacent to an activating group) is 1. The van der Waals surface area contributed by atoms with Crippen molar-refractivity contribution >= 4 is 34.7 Å². The molecule has 0 bridgehead atoms. The quantitative estimate of drug-likeness (QED) is 0.364. The monoisotopic (exact) mass is 528 g/mol. The highest BCUT2D eigenvalue weighted by molar-refractivity contribution is 6.30. The molecule has 0 saturated carbocycles. The number of hydrogen-bond donors (Lipinski definition) is 3. The summed E-state index contributed by atoms with van der Waals surface area (Å²) < 4.78 is 20.1. The number of nitrogens with zero attached hydrogens (tertiary/aromatic N) is 5. The van der Waals surface area contributed by atoms with Gasteiger partial charge in [0.15, 0.2) is 0 Å². The number of carbonyl (C=O) groups excluding carboxylic acids is 1. The van der Waals surface area contributed by atoms with E-state index in [9.17, 15) is 9.18 Å². The molecule has 196 valence electrons. The Kier molecular flexibility index (Phi) is 9.18. The summed E-state index contributed by atoms with van der Waals surface area (Å²) in [7, 11) is 2.10. The summed E-state index contributed by atoms with van der Waals surface area (Å²) in [4.78, 5) is 21.3. The molecule has 12 heteroatoms. The number of rotatable bonds is 10. The van der Waals surface area contributed by atoms with Crippen LogP contribution in [0.1, 0.15) is 6.42 Å². The third kappa shape index (κ3) is 7.56. The van der Waals surface area contributed by atoms with Crippen LogP contribution in [0.2, 0.25) is 5.02 Å². The molecule has 10 nitrogen and oxygen atoms in total. The van der Waals surface area contributed by atoms with Gasteiger partial charge in [-0.3, -0.25) is 4.79 Å². The lowest BCUT2D eigenvalue weighted by molar-refractivity contribution is -0.116. The number of piperazine rings is 1. The van der Waals surface area contributed by atoms with Crippen molar-refractivity contribution in [1.29, 1.82) is 0 Å². The lowest BCUT2D eigenvalue weighted by Gasteiger charge is -2.32. The number of benzene rings is 1. The number of nitrogens with two attached hydrogens (primary N) is 1. The summed E-state index contributed by atoms with van der Waals surface area (Å²) in [6.45, 7) is 5.12. The third-order valence-electron chi connectivity index (χ3n) is 5.88. The molecule has 1 aliphatic rings. The molecule has 4 rings (SSSR count). The Balaban J connectivity index is 1.47. The van der Waals surface area contributed by atoms with Crippen LogP contribution in [0, 0.1) is 5.82 Å². The van der Waals surface area contributed by atoms with Crippen molar-refractivity contribution in [3.05, 3.63) is 53.4 Å². The minimum absolute atomic E-state index is 0.111. The first-order valence-corrected chi connectivity index (χ1v) is 12.4. The molecule has 3 aromatic rings. The summed E-state index contributed by atoms with van der Waals surface area (Å²) in [6, 6.07) is 9.25. The van der Waals surface area contributed by atoms with Gasteiger partial charge in [0, 0.05) is 74.2 Å².